The van der Waals surface area contributed by atoms with Gasteiger partial charge < -0.3 is 10.2 Å². The Balaban J connectivity index is 0.000000220. The first-order valence-electron chi connectivity index (χ1n) is 8.92. The van der Waals surface area contributed by atoms with Crippen LogP contribution >= 0.6 is 0 Å². The van der Waals surface area contributed by atoms with Crippen LogP contribution in [0.4, 0.5) is 0 Å². The van der Waals surface area contributed by atoms with Gasteiger partial charge in [-0.25, -0.2) is 0 Å². The lowest BCUT2D eigenvalue weighted by atomic mass is 9.96. The maximum Gasteiger partial charge on any atom is 0.0201 e. The Bertz CT molecular complexity index is 508. The largest absolute Gasteiger partial charge is 0.312 e. The van der Waals surface area contributed by atoms with Crippen molar-refractivity contribution in [2.45, 2.75) is 31.2 Å². The molecule has 0 amide bonds. The van der Waals surface area contributed by atoms with E-state index in [-0.39, 0.29) is 0 Å². The number of hydrogen-bond acceptors (Lipinski definition) is 2. The molecule has 2 heteroatoms. The lowest BCUT2D eigenvalue weighted by Gasteiger charge is -2.19. The van der Waals surface area contributed by atoms with Gasteiger partial charge in [0.2, 0.25) is 0 Å². The summed E-state index contributed by atoms with van der Waals surface area (Å²) in [6.07, 6.45) is 4.10. The second-order valence-electron chi connectivity index (χ2n) is 6.61. The van der Waals surface area contributed by atoms with E-state index in [4.69, 9.17) is 0 Å². The van der Waals surface area contributed by atoms with Crippen LogP contribution < -0.4 is 5.32 Å². The van der Waals surface area contributed by atoms with Crippen molar-refractivity contribution in [3.8, 4) is 0 Å². The number of hydrogen-bond donors (Lipinski definition) is 1. The fraction of sp³-hybridized carbons (Fsp3) is 0.429. The third-order valence-electron chi connectivity index (χ3n) is 4.84. The van der Waals surface area contributed by atoms with Crippen LogP contribution in [0.1, 0.15) is 30.7 Å². The molecule has 2 aliphatic rings. The van der Waals surface area contributed by atoms with Crippen molar-refractivity contribution in [2.75, 3.05) is 26.2 Å². The normalized spacial score (nSPS) is 24.2. The molecule has 4 rings (SSSR count). The van der Waals surface area contributed by atoms with Gasteiger partial charge in [0.1, 0.15) is 0 Å². The van der Waals surface area contributed by atoms with Gasteiger partial charge in [-0.15, -0.1) is 0 Å². The minimum atomic E-state index is 0.707. The molecule has 0 radical (unpaired) electrons. The number of likely N-dealkylation sites (tertiary alicyclic amines) is 1. The minimum Gasteiger partial charge on any atom is -0.312 e. The number of rotatable bonds is 3. The van der Waals surface area contributed by atoms with E-state index < -0.39 is 0 Å². The van der Waals surface area contributed by atoms with Crippen LogP contribution in [0.15, 0.2) is 66.7 Å². The van der Waals surface area contributed by atoms with E-state index >= 15 is 0 Å². The van der Waals surface area contributed by atoms with Crippen molar-refractivity contribution in [3.05, 3.63) is 72.3 Å². The summed E-state index contributed by atoms with van der Waals surface area (Å²) in [6.45, 7) is 5.04. The highest BCUT2D eigenvalue weighted by molar-refractivity contribution is 5.21. The standard InChI is InChI=1S/C15H22N2.C6H6/c1-2-6-13(7-3-1)14-10-15(16-11-14)12-17-8-4-5-9-17;1-2-4-6-5-3-1/h1-3,6-7,14-16H,4-5,8-12H2;1-6H. The molecule has 0 spiro atoms. The van der Waals surface area contributed by atoms with Crippen molar-refractivity contribution in [3.63, 3.8) is 0 Å². The van der Waals surface area contributed by atoms with Crippen LogP contribution in [0.3, 0.4) is 0 Å². The van der Waals surface area contributed by atoms with Crippen molar-refractivity contribution >= 4 is 0 Å². The molecule has 2 unspecified atom stereocenters. The molecule has 23 heavy (non-hydrogen) atoms. The second kappa shape index (κ2) is 8.85. The third kappa shape index (κ3) is 5.19. The average Bonchev–Trinajstić information content (AvgIpc) is 3.30. The Morgan fingerprint density at radius 1 is 0.826 bits per heavy atom. The van der Waals surface area contributed by atoms with Crippen LogP contribution in [0, 0.1) is 0 Å². The quantitative estimate of drug-likeness (QED) is 0.924. The van der Waals surface area contributed by atoms with E-state index in [1.54, 1.807) is 0 Å². The Morgan fingerprint density at radius 3 is 2.00 bits per heavy atom. The number of nitrogens with one attached hydrogen (secondary N) is 1. The highest BCUT2D eigenvalue weighted by Crippen LogP contribution is 2.26. The molecule has 122 valence electrons. The highest BCUT2D eigenvalue weighted by atomic mass is 15.2. The minimum absolute atomic E-state index is 0.707. The molecule has 2 aromatic rings. The average molecular weight is 308 g/mol. The van der Waals surface area contributed by atoms with Crippen molar-refractivity contribution in [2.24, 2.45) is 0 Å². The van der Waals surface area contributed by atoms with E-state index in [0.717, 1.165) is 12.5 Å². The van der Waals surface area contributed by atoms with E-state index in [1.807, 2.05) is 36.4 Å². The second-order valence-corrected chi connectivity index (χ2v) is 6.61. The zero-order chi connectivity index (χ0) is 15.7. The van der Waals surface area contributed by atoms with Crippen molar-refractivity contribution in [1.29, 1.82) is 0 Å². The van der Waals surface area contributed by atoms with Gasteiger partial charge in [0.25, 0.3) is 0 Å². The zero-order valence-electron chi connectivity index (χ0n) is 13.9. The zero-order valence-corrected chi connectivity index (χ0v) is 13.9. The predicted octanol–water partition coefficient (Wildman–Crippen LogP) is 3.91. The van der Waals surface area contributed by atoms with Gasteiger partial charge in [-0.3, -0.25) is 0 Å². The highest BCUT2D eigenvalue weighted by Gasteiger charge is 2.27. The Kier molecular flexibility index (Phi) is 6.25. The molecule has 0 aromatic heterocycles. The molecule has 1 N–H and O–H groups in total. The van der Waals surface area contributed by atoms with Gasteiger partial charge in [0.15, 0.2) is 0 Å². The summed E-state index contributed by atoms with van der Waals surface area (Å²) in [5.74, 6) is 0.726. The Labute approximate surface area is 140 Å². The molecular formula is C21H28N2. The topological polar surface area (TPSA) is 15.3 Å². The summed E-state index contributed by atoms with van der Waals surface area (Å²) in [5, 5.41) is 3.69. The van der Waals surface area contributed by atoms with Gasteiger partial charge in [0.05, 0.1) is 0 Å². The molecule has 0 aliphatic carbocycles. The molecular weight excluding hydrogens is 280 g/mol. The van der Waals surface area contributed by atoms with Crippen molar-refractivity contribution < 1.29 is 0 Å². The van der Waals surface area contributed by atoms with Crippen LogP contribution in [0.5, 0.6) is 0 Å². The Morgan fingerprint density at radius 2 is 1.39 bits per heavy atom. The molecule has 2 atom stereocenters. The fourth-order valence-electron chi connectivity index (χ4n) is 3.60. The molecule has 0 bridgehead atoms. The third-order valence-corrected chi connectivity index (χ3v) is 4.84. The molecule has 0 saturated carbocycles. The van der Waals surface area contributed by atoms with E-state index in [0.29, 0.717) is 6.04 Å². The lowest BCUT2D eigenvalue weighted by Crippen LogP contribution is -2.35. The van der Waals surface area contributed by atoms with Gasteiger partial charge >= 0.3 is 0 Å². The maximum absolute atomic E-state index is 3.69. The summed E-state index contributed by atoms with van der Waals surface area (Å²) < 4.78 is 0. The van der Waals surface area contributed by atoms with Crippen LogP contribution in [-0.2, 0) is 0 Å². The molecule has 2 aliphatic heterocycles. The number of nitrogens with zero attached hydrogens (tertiary/aromatic N) is 1. The summed E-state index contributed by atoms with van der Waals surface area (Å²) in [4.78, 5) is 2.62. The lowest BCUT2D eigenvalue weighted by molar-refractivity contribution is 0.302. The molecule has 2 aromatic carbocycles. The molecule has 2 nitrogen and oxygen atoms in total. The van der Waals surface area contributed by atoms with E-state index in [2.05, 4.69) is 40.5 Å². The first-order chi connectivity index (χ1) is 11.4. The van der Waals surface area contributed by atoms with Gasteiger partial charge in [-0.1, -0.05) is 66.7 Å². The molecule has 2 saturated heterocycles. The van der Waals surface area contributed by atoms with E-state index in [1.165, 1.54) is 44.5 Å². The first kappa shape index (κ1) is 16.2. The summed E-state index contributed by atoms with van der Waals surface area (Å²) in [5.41, 5.74) is 1.50. The summed E-state index contributed by atoms with van der Waals surface area (Å²) in [7, 11) is 0. The van der Waals surface area contributed by atoms with Crippen LogP contribution in [0.2, 0.25) is 0 Å². The van der Waals surface area contributed by atoms with Gasteiger partial charge in [-0.2, -0.15) is 0 Å². The monoisotopic (exact) mass is 308 g/mol. The van der Waals surface area contributed by atoms with Gasteiger partial charge in [-0.05, 0) is 43.8 Å². The smallest absolute Gasteiger partial charge is 0.0201 e. The van der Waals surface area contributed by atoms with Gasteiger partial charge in [0, 0.05) is 19.1 Å². The van der Waals surface area contributed by atoms with Crippen LogP contribution in [-0.4, -0.2) is 37.1 Å². The fourth-order valence-corrected chi connectivity index (χ4v) is 3.60. The maximum atomic E-state index is 3.69. The van der Waals surface area contributed by atoms with Crippen molar-refractivity contribution in [1.82, 2.24) is 10.2 Å². The number of benzene rings is 2. The first-order valence-corrected chi connectivity index (χ1v) is 8.92. The predicted molar refractivity (Wildman–Crippen MR) is 97.7 cm³/mol. The van der Waals surface area contributed by atoms with Crippen LogP contribution in [0.25, 0.3) is 0 Å². The molecule has 2 fully saturated rings. The Hall–Kier alpha value is -1.64. The summed E-state index contributed by atoms with van der Waals surface area (Å²) >= 11 is 0. The SMILES string of the molecule is c1ccc(C2CNC(CN3CCCC3)C2)cc1.c1ccccc1. The van der Waals surface area contributed by atoms with E-state index in [9.17, 15) is 0 Å². The molecule has 2 heterocycles. The summed E-state index contributed by atoms with van der Waals surface area (Å²) in [6, 6.07) is 23.7.